The van der Waals surface area contributed by atoms with E-state index in [2.05, 4.69) is 9.84 Å². The molecule has 0 saturated heterocycles. The van der Waals surface area contributed by atoms with Gasteiger partial charge in [0.05, 0.1) is 52.6 Å². The Bertz CT molecular complexity index is 1630. The van der Waals surface area contributed by atoms with Crippen molar-refractivity contribution in [3.05, 3.63) is 71.0 Å². The van der Waals surface area contributed by atoms with Crippen LogP contribution < -0.4 is 0 Å². The topological polar surface area (TPSA) is 116 Å². The van der Waals surface area contributed by atoms with E-state index < -0.39 is 53.4 Å². The fraction of sp³-hybridized carbons (Fsp3) is 0.385. The van der Waals surface area contributed by atoms with E-state index in [0.29, 0.717) is 42.7 Å². The highest BCUT2D eigenvalue weighted by atomic mass is 32.2. The number of benzene rings is 2. The second-order valence-electron chi connectivity index (χ2n) is 9.53. The Morgan fingerprint density at radius 2 is 1.73 bits per heavy atom. The van der Waals surface area contributed by atoms with Gasteiger partial charge in [0.2, 0.25) is 19.9 Å². The molecule has 0 radical (unpaired) electrons. The Kier molecular flexibility index (Phi) is 8.16. The fourth-order valence-corrected chi connectivity index (χ4v) is 7.54. The number of rotatable bonds is 8. The molecule has 4 rings (SSSR count). The lowest BCUT2D eigenvalue weighted by Crippen LogP contribution is -2.33. The summed E-state index contributed by atoms with van der Waals surface area (Å²) in [4.78, 5) is 9.73. The Balaban J connectivity index is 1.75. The third kappa shape index (κ3) is 5.79. The number of esters is 1. The molecule has 40 heavy (non-hydrogen) atoms. The summed E-state index contributed by atoms with van der Waals surface area (Å²) in [6, 6.07) is 6.41. The monoisotopic (exact) mass is 599 g/mol. The lowest BCUT2D eigenvalue weighted by molar-refractivity contribution is -0.141. The zero-order chi connectivity index (χ0) is 29.5. The number of sulfonamides is 1. The van der Waals surface area contributed by atoms with E-state index in [9.17, 15) is 34.8 Å². The lowest BCUT2D eigenvalue weighted by atomic mass is 9.93. The summed E-state index contributed by atoms with van der Waals surface area (Å²) in [5.41, 5.74) is 0.636. The molecule has 1 heterocycles. The van der Waals surface area contributed by atoms with Crippen LogP contribution >= 0.6 is 0 Å². The molecular weight excluding hydrogens is 571 g/mol. The van der Waals surface area contributed by atoms with Gasteiger partial charge < -0.3 is 4.74 Å². The molecule has 1 atom stereocenters. The molecule has 0 bridgehead atoms. The van der Waals surface area contributed by atoms with Crippen LogP contribution in [0, 0.1) is 6.92 Å². The summed E-state index contributed by atoms with van der Waals surface area (Å²) in [5, 5.41) is 4.28. The fourth-order valence-electron chi connectivity index (χ4n) is 4.69. The van der Waals surface area contributed by atoms with Crippen LogP contribution in [0.3, 0.4) is 0 Å². The predicted octanol–water partition coefficient (Wildman–Crippen LogP) is 4.30. The van der Waals surface area contributed by atoms with Crippen molar-refractivity contribution >= 4 is 25.8 Å². The van der Waals surface area contributed by atoms with Crippen LogP contribution in [-0.2, 0) is 48.5 Å². The summed E-state index contributed by atoms with van der Waals surface area (Å²) in [6.45, 7) is 1.94. The molecule has 14 heteroatoms. The molecule has 0 saturated carbocycles. The second kappa shape index (κ2) is 11.0. The summed E-state index contributed by atoms with van der Waals surface area (Å²) in [7, 11) is -6.55. The minimum Gasteiger partial charge on any atom is -0.469 e. The third-order valence-corrected chi connectivity index (χ3v) is 10.5. The average molecular weight is 600 g/mol. The lowest BCUT2D eigenvalue weighted by Gasteiger charge is -2.31. The van der Waals surface area contributed by atoms with Crippen molar-refractivity contribution in [3.8, 4) is 0 Å². The maximum atomic E-state index is 13.8. The maximum Gasteiger partial charge on any atom is 0.416 e. The summed E-state index contributed by atoms with van der Waals surface area (Å²) >= 11 is 0. The van der Waals surface area contributed by atoms with E-state index in [1.807, 2.05) is 0 Å². The van der Waals surface area contributed by atoms with Crippen molar-refractivity contribution in [1.29, 1.82) is 0 Å². The number of carbonyl (C=O) groups is 1. The third-order valence-electron chi connectivity index (χ3n) is 6.95. The van der Waals surface area contributed by atoms with Gasteiger partial charge in [-0.15, -0.1) is 0 Å². The van der Waals surface area contributed by atoms with Gasteiger partial charge in [-0.3, -0.25) is 9.48 Å². The first kappa shape index (κ1) is 29.7. The number of nitrogens with zero attached hydrogens (tertiary/aromatic N) is 3. The van der Waals surface area contributed by atoms with Gasteiger partial charge in [0.15, 0.2) is 0 Å². The zero-order valence-corrected chi connectivity index (χ0v) is 23.6. The first-order chi connectivity index (χ1) is 18.7. The molecule has 1 aliphatic rings. The number of fused-ring (bicyclic) bond motifs is 1. The standard InChI is InChI=1S/C26H28F3N3O6S2/c1-17-7-9-19(10-8-17)39(34,35)20-13-18(26(27,28)29)14-21(15-20)40(36,37)31(2)23-5-4-6-24-22(23)16-30-32(24)12-11-25(33)38-3/h7-10,13-16,23H,4-6,11-12H2,1-3H3/t23-/m1/s1. The van der Waals surface area contributed by atoms with E-state index in [4.69, 9.17) is 0 Å². The van der Waals surface area contributed by atoms with Gasteiger partial charge >= 0.3 is 12.1 Å². The smallest absolute Gasteiger partial charge is 0.416 e. The number of alkyl halides is 3. The van der Waals surface area contributed by atoms with E-state index >= 15 is 0 Å². The van der Waals surface area contributed by atoms with Crippen molar-refractivity contribution in [2.75, 3.05) is 14.2 Å². The van der Waals surface area contributed by atoms with Crippen LogP contribution in [-0.4, -0.2) is 51.0 Å². The van der Waals surface area contributed by atoms with Crippen molar-refractivity contribution in [1.82, 2.24) is 14.1 Å². The second-order valence-corrected chi connectivity index (χ2v) is 13.5. The zero-order valence-electron chi connectivity index (χ0n) is 22.0. The highest BCUT2D eigenvalue weighted by molar-refractivity contribution is 7.91. The molecule has 0 unspecified atom stereocenters. The van der Waals surface area contributed by atoms with Crippen LogP contribution in [0.4, 0.5) is 13.2 Å². The van der Waals surface area contributed by atoms with Gasteiger partial charge in [0, 0.05) is 18.3 Å². The Hall–Kier alpha value is -3.23. The SMILES string of the molecule is COC(=O)CCn1ncc2c1CCC[C@H]2N(C)S(=O)(=O)c1cc(C(F)(F)F)cc(S(=O)(=O)c2ccc(C)cc2)c1. The minimum atomic E-state index is -5.00. The quantitative estimate of drug-likeness (QED) is 0.355. The number of aromatic nitrogens is 2. The normalized spacial score (nSPS) is 16.1. The number of carbonyl (C=O) groups excluding carboxylic acids is 1. The van der Waals surface area contributed by atoms with E-state index in [-0.39, 0.29) is 17.9 Å². The summed E-state index contributed by atoms with van der Waals surface area (Å²) in [6.07, 6.45) is -1.94. The van der Waals surface area contributed by atoms with Gasteiger partial charge in [0.25, 0.3) is 0 Å². The van der Waals surface area contributed by atoms with Gasteiger partial charge in [-0.2, -0.15) is 22.6 Å². The minimum absolute atomic E-state index is 0.0614. The molecule has 0 fully saturated rings. The Labute approximate surface area is 230 Å². The summed E-state index contributed by atoms with van der Waals surface area (Å²) < 4.78 is 103. The van der Waals surface area contributed by atoms with Crippen LogP contribution in [0.2, 0.25) is 0 Å². The van der Waals surface area contributed by atoms with Crippen molar-refractivity contribution in [2.24, 2.45) is 0 Å². The van der Waals surface area contributed by atoms with E-state index in [1.54, 1.807) is 11.6 Å². The highest BCUT2D eigenvalue weighted by Crippen LogP contribution is 2.39. The van der Waals surface area contributed by atoms with Crippen LogP contribution in [0.5, 0.6) is 0 Å². The molecule has 216 valence electrons. The molecule has 1 aliphatic carbocycles. The van der Waals surface area contributed by atoms with Gasteiger partial charge in [-0.25, -0.2) is 16.8 Å². The van der Waals surface area contributed by atoms with E-state index in [0.717, 1.165) is 15.9 Å². The van der Waals surface area contributed by atoms with Crippen LogP contribution in [0.25, 0.3) is 0 Å². The molecule has 0 N–H and O–H groups in total. The van der Waals surface area contributed by atoms with Gasteiger partial charge in [-0.05, 0) is 56.5 Å². The number of aryl methyl sites for hydroxylation is 2. The van der Waals surface area contributed by atoms with Crippen molar-refractivity contribution in [3.63, 3.8) is 0 Å². The first-order valence-corrected chi connectivity index (χ1v) is 15.2. The molecular formula is C26H28F3N3O6S2. The van der Waals surface area contributed by atoms with E-state index in [1.165, 1.54) is 44.6 Å². The first-order valence-electron chi connectivity index (χ1n) is 12.3. The van der Waals surface area contributed by atoms with Gasteiger partial charge in [-0.1, -0.05) is 17.7 Å². The number of hydrogen-bond donors (Lipinski definition) is 0. The highest BCUT2D eigenvalue weighted by Gasteiger charge is 2.38. The maximum absolute atomic E-state index is 13.8. The molecule has 0 spiro atoms. The van der Waals surface area contributed by atoms with Crippen molar-refractivity contribution < 1.29 is 39.5 Å². The average Bonchev–Trinajstić information content (AvgIpc) is 3.34. The number of ether oxygens (including phenoxy) is 1. The summed E-state index contributed by atoms with van der Waals surface area (Å²) in [5.74, 6) is -0.433. The molecule has 0 amide bonds. The molecule has 0 aliphatic heterocycles. The Morgan fingerprint density at radius 3 is 2.35 bits per heavy atom. The molecule has 1 aromatic heterocycles. The molecule has 9 nitrogen and oxygen atoms in total. The van der Waals surface area contributed by atoms with Crippen molar-refractivity contribution in [2.45, 2.75) is 66.1 Å². The van der Waals surface area contributed by atoms with Crippen LogP contribution in [0.1, 0.15) is 47.7 Å². The molecule has 2 aromatic carbocycles. The number of sulfone groups is 1. The predicted molar refractivity (Wildman–Crippen MR) is 138 cm³/mol. The largest absolute Gasteiger partial charge is 0.469 e. The number of halogens is 3. The van der Waals surface area contributed by atoms with Crippen LogP contribution in [0.15, 0.2) is 63.3 Å². The number of methoxy groups -OCH3 is 1. The van der Waals surface area contributed by atoms with Gasteiger partial charge in [0.1, 0.15) is 0 Å². The molecule has 3 aromatic rings. The number of hydrogen-bond acceptors (Lipinski definition) is 7. The Morgan fingerprint density at radius 1 is 1.07 bits per heavy atom.